The van der Waals surface area contributed by atoms with Crippen LogP contribution in [0.3, 0.4) is 0 Å². The summed E-state index contributed by atoms with van der Waals surface area (Å²) >= 11 is 3.34. The molecule has 1 aromatic carbocycles. The summed E-state index contributed by atoms with van der Waals surface area (Å²) < 4.78 is 0.862. The van der Waals surface area contributed by atoms with Crippen LogP contribution in [0.4, 0.5) is 5.69 Å². The maximum atomic E-state index is 9.77. The van der Waals surface area contributed by atoms with Gasteiger partial charge >= 0.3 is 0 Å². The highest BCUT2D eigenvalue weighted by atomic mass is 79.9. The van der Waals surface area contributed by atoms with E-state index in [1.54, 1.807) is 30.6 Å². The summed E-state index contributed by atoms with van der Waals surface area (Å²) in [4.78, 5) is 4.04. The normalized spacial score (nSPS) is 12.1. The maximum absolute atomic E-state index is 9.77. The standard InChI is InChI=1S/C13H13BrN2O2/c1-8(13-11(17)3-2-4-12(13)18)16-10-5-9(14)6-15-7-10/h2-8,16-18H,1H3. The lowest BCUT2D eigenvalue weighted by Crippen LogP contribution is -2.07. The average molecular weight is 309 g/mol. The van der Waals surface area contributed by atoms with Crippen molar-refractivity contribution in [1.29, 1.82) is 0 Å². The van der Waals surface area contributed by atoms with Crippen LogP contribution in [0.1, 0.15) is 18.5 Å². The number of hydrogen-bond acceptors (Lipinski definition) is 4. The zero-order valence-corrected chi connectivity index (χ0v) is 11.3. The number of phenols is 2. The number of halogens is 1. The molecule has 1 atom stereocenters. The molecule has 0 aliphatic carbocycles. The minimum absolute atomic E-state index is 0.0676. The molecule has 0 spiro atoms. The van der Waals surface area contributed by atoms with E-state index in [0.29, 0.717) is 5.56 Å². The van der Waals surface area contributed by atoms with Gasteiger partial charge in [-0.15, -0.1) is 0 Å². The molecule has 1 unspecified atom stereocenters. The van der Waals surface area contributed by atoms with Crippen LogP contribution < -0.4 is 5.32 Å². The Morgan fingerprint density at radius 3 is 2.50 bits per heavy atom. The number of aromatic nitrogens is 1. The second-order valence-corrected chi connectivity index (χ2v) is 4.88. The van der Waals surface area contributed by atoms with Crippen LogP contribution in [-0.4, -0.2) is 15.2 Å². The predicted octanol–water partition coefficient (Wildman–Crippen LogP) is 3.43. The Kier molecular flexibility index (Phi) is 3.72. The lowest BCUT2D eigenvalue weighted by molar-refractivity contribution is 0.434. The van der Waals surface area contributed by atoms with E-state index in [1.165, 1.54) is 0 Å². The van der Waals surface area contributed by atoms with Gasteiger partial charge in [-0.3, -0.25) is 4.98 Å². The van der Waals surface area contributed by atoms with Crippen molar-refractivity contribution in [3.05, 3.63) is 46.7 Å². The quantitative estimate of drug-likeness (QED) is 0.813. The van der Waals surface area contributed by atoms with Crippen molar-refractivity contribution in [2.75, 3.05) is 5.32 Å². The molecule has 0 amide bonds. The van der Waals surface area contributed by atoms with Crippen molar-refractivity contribution in [1.82, 2.24) is 4.98 Å². The summed E-state index contributed by atoms with van der Waals surface area (Å²) in [5.74, 6) is 0.135. The Bertz CT molecular complexity index is 540. The van der Waals surface area contributed by atoms with E-state index in [9.17, 15) is 10.2 Å². The monoisotopic (exact) mass is 308 g/mol. The maximum Gasteiger partial charge on any atom is 0.124 e. The van der Waals surface area contributed by atoms with Gasteiger partial charge in [0, 0.05) is 10.7 Å². The van der Waals surface area contributed by atoms with E-state index >= 15 is 0 Å². The minimum Gasteiger partial charge on any atom is -0.507 e. The van der Waals surface area contributed by atoms with Gasteiger partial charge in [-0.2, -0.15) is 0 Å². The first-order valence-electron chi connectivity index (χ1n) is 5.46. The first kappa shape index (κ1) is 12.7. The van der Waals surface area contributed by atoms with Gasteiger partial charge in [0.1, 0.15) is 11.5 Å². The summed E-state index contributed by atoms with van der Waals surface area (Å²) in [6.07, 6.45) is 3.37. The third-order valence-electron chi connectivity index (χ3n) is 2.58. The summed E-state index contributed by atoms with van der Waals surface area (Å²) in [5, 5.41) is 22.7. The van der Waals surface area contributed by atoms with Gasteiger partial charge in [-0.1, -0.05) is 6.07 Å². The Hall–Kier alpha value is -1.75. The van der Waals surface area contributed by atoms with E-state index in [1.807, 2.05) is 13.0 Å². The van der Waals surface area contributed by atoms with Crippen molar-refractivity contribution in [3.8, 4) is 11.5 Å². The van der Waals surface area contributed by atoms with Crippen molar-refractivity contribution in [2.24, 2.45) is 0 Å². The fourth-order valence-corrected chi connectivity index (χ4v) is 2.16. The smallest absolute Gasteiger partial charge is 0.124 e. The molecule has 1 aromatic heterocycles. The highest BCUT2D eigenvalue weighted by molar-refractivity contribution is 9.10. The highest BCUT2D eigenvalue weighted by Gasteiger charge is 2.14. The number of nitrogens with one attached hydrogen (secondary N) is 1. The fraction of sp³-hybridized carbons (Fsp3) is 0.154. The van der Waals surface area contributed by atoms with E-state index < -0.39 is 0 Å². The number of hydrogen-bond donors (Lipinski definition) is 3. The number of phenolic OH excluding ortho intramolecular Hbond substituents is 2. The molecule has 0 saturated heterocycles. The van der Waals surface area contributed by atoms with Gasteiger partial charge in [0.25, 0.3) is 0 Å². The van der Waals surface area contributed by atoms with Crippen LogP contribution in [-0.2, 0) is 0 Å². The predicted molar refractivity (Wildman–Crippen MR) is 73.7 cm³/mol. The number of anilines is 1. The first-order valence-corrected chi connectivity index (χ1v) is 6.25. The van der Waals surface area contributed by atoms with E-state index in [4.69, 9.17) is 0 Å². The van der Waals surface area contributed by atoms with E-state index in [-0.39, 0.29) is 17.5 Å². The number of rotatable bonds is 3. The van der Waals surface area contributed by atoms with Crippen molar-refractivity contribution < 1.29 is 10.2 Å². The molecule has 3 N–H and O–H groups in total. The Morgan fingerprint density at radius 2 is 1.89 bits per heavy atom. The van der Waals surface area contributed by atoms with Crippen molar-refractivity contribution in [3.63, 3.8) is 0 Å². The molecule has 94 valence electrons. The molecule has 2 aromatic rings. The molecule has 0 fully saturated rings. The summed E-state index contributed by atoms with van der Waals surface area (Å²) in [5.41, 5.74) is 1.28. The lowest BCUT2D eigenvalue weighted by Gasteiger charge is -2.17. The molecule has 0 bridgehead atoms. The van der Waals surface area contributed by atoms with Gasteiger partial charge in [0.05, 0.1) is 23.5 Å². The van der Waals surface area contributed by atoms with Gasteiger partial charge < -0.3 is 15.5 Å². The molecule has 18 heavy (non-hydrogen) atoms. The molecule has 0 aliphatic rings. The second-order valence-electron chi connectivity index (χ2n) is 3.97. The molecule has 2 rings (SSSR count). The molecular formula is C13H13BrN2O2. The van der Waals surface area contributed by atoms with Crippen molar-refractivity contribution in [2.45, 2.75) is 13.0 Å². The van der Waals surface area contributed by atoms with Crippen LogP contribution >= 0.6 is 15.9 Å². The fourth-order valence-electron chi connectivity index (χ4n) is 1.80. The molecule has 0 aliphatic heterocycles. The number of nitrogens with zero attached hydrogens (tertiary/aromatic N) is 1. The summed E-state index contributed by atoms with van der Waals surface area (Å²) in [6.45, 7) is 1.86. The molecule has 1 heterocycles. The SMILES string of the molecule is CC(Nc1cncc(Br)c1)c1c(O)cccc1O. The molecular weight excluding hydrogens is 296 g/mol. The summed E-state index contributed by atoms with van der Waals surface area (Å²) in [7, 11) is 0. The van der Waals surface area contributed by atoms with Gasteiger partial charge in [-0.25, -0.2) is 0 Å². The molecule has 4 nitrogen and oxygen atoms in total. The van der Waals surface area contributed by atoms with Crippen LogP contribution in [0.2, 0.25) is 0 Å². The largest absolute Gasteiger partial charge is 0.507 e. The number of pyridine rings is 1. The van der Waals surface area contributed by atoms with Gasteiger partial charge in [0.15, 0.2) is 0 Å². The minimum atomic E-state index is -0.234. The topological polar surface area (TPSA) is 65.4 Å². The third kappa shape index (κ3) is 2.73. The van der Waals surface area contributed by atoms with Crippen molar-refractivity contribution >= 4 is 21.6 Å². The Labute approximate surface area is 113 Å². The zero-order valence-electron chi connectivity index (χ0n) is 9.76. The first-order chi connectivity index (χ1) is 8.58. The molecule has 0 saturated carbocycles. The van der Waals surface area contributed by atoms with Gasteiger partial charge in [0.2, 0.25) is 0 Å². The van der Waals surface area contributed by atoms with E-state index in [0.717, 1.165) is 10.2 Å². The van der Waals surface area contributed by atoms with Crippen LogP contribution in [0.25, 0.3) is 0 Å². The van der Waals surface area contributed by atoms with Crippen LogP contribution in [0.5, 0.6) is 11.5 Å². The average Bonchev–Trinajstić information content (AvgIpc) is 2.28. The molecule has 5 heteroatoms. The van der Waals surface area contributed by atoms with E-state index in [2.05, 4.69) is 26.2 Å². The van der Waals surface area contributed by atoms with Crippen LogP contribution in [0.15, 0.2) is 41.1 Å². The number of aromatic hydroxyl groups is 2. The number of benzene rings is 1. The Morgan fingerprint density at radius 1 is 1.22 bits per heavy atom. The summed E-state index contributed by atoms with van der Waals surface area (Å²) in [6, 6.07) is 6.34. The highest BCUT2D eigenvalue weighted by Crippen LogP contribution is 2.34. The zero-order chi connectivity index (χ0) is 13.1. The Balaban J connectivity index is 2.25. The van der Waals surface area contributed by atoms with Crippen LogP contribution in [0, 0.1) is 0 Å². The van der Waals surface area contributed by atoms with Gasteiger partial charge in [-0.05, 0) is 41.1 Å². The lowest BCUT2D eigenvalue weighted by atomic mass is 10.1. The second kappa shape index (κ2) is 5.27. The third-order valence-corrected chi connectivity index (χ3v) is 3.01. The molecule has 0 radical (unpaired) electrons.